The van der Waals surface area contributed by atoms with Crippen LogP contribution in [0.4, 0.5) is 0 Å². The van der Waals surface area contributed by atoms with E-state index in [4.69, 9.17) is 0 Å². The van der Waals surface area contributed by atoms with E-state index in [9.17, 15) is 18.0 Å². The summed E-state index contributed by atoms with van der Waals surface area (Å²) < 4.78 is 23.7. The fraction of sp³-hybridized carbons (Fsp3) is 0.667. The maximum absolute atomic E-state index is 13.2. The molecule has 1 fully saturated rings. The molecule has 1 aromatic rings. The average molecular weight is 366 g/mol. The number of rotatable bonds is 5. The summed E-state index contributed by atoms with van der Waals surface area (Å²) in [4.78, 5) is 30.3. The molecular formula is C18H26N2O4S. The molecule has 1 aliphatic carbocycles. The summed E-state index contributed by atoms with van der Waals surface area (Å²) in [5.41, 5.74) is 2.70. The lowest BCUT2D eigenvalue weighted by molar-refractivity contribution is 0.0688. The van der Waals surface area contributed by atoms with E-state index in [1.54, 1.807) is 4.90 Å². The number of aryl methyl sites for hydroxylation is 1. The molecule has 1 aromatic heterocycles. The summed E-state index contributed by atoms with van der Waals surface area (Å²) in [6.07, 6.45) is 4.38. The molecule has 2 aliphatic rings. The van der Waals surface area contributed by atoms with Crippen LogP contribution in [0.5, 0.6) is 0 Å². The van der Waals surface area contributed by atoms with E-state index in [1.807, 2.05) is 13.8 Å². The van der Waals surface area contributed by atoms with Crippen LogP contribution in [0.3, 0.4) is 0 Å². The van der Waals surface area contributed by atoms with Gasteiger partial charge in [0, 0.05) is 30.3 Å². The van der Waals surface area contributed by atoms with Crippen molar-refractivity contribution in [2.75, 3.05) is 18.1 Å². The molecule has 1 aliphatic heterocycles. The first-order chi connectivity index (χ1) is 11.8. The minimum atomic E-state index is -3.06. The number of hydrogen-bond donors (Lipinski definition) is 1. The fourth-order valence-electron chi connectivity index (χ4n) is 3.93. The van der Waals surface area contributed by atoms with Crippen LogP contribution in [0.15, 0.2) is 0 Å². The normalized spacial score (nSPS) is 22.0. The molecule has 1 saturated heterocycles. The van der Waals surface area contributed by atoms with Gasteiger partial charge in [0.25, 0.3) is 5.91 Å². The lowest BCUT2D eigenvalue weighted by Crippen LogP contribution is -2.42. The topological polar surface area (TPSA) is 87.3 Å². The van der Waals surface area contributed by atoms with Crippen molar-refractivity contribution in [2.45, 2.75) is 58.4 Å². The van der Waals surface area contributed by atoms with Gasteiger partial charge in [-0.2, -0.15) is 0 Å². The Kier molecular flexibility index (Phi) is 5.04. The van der Waals surface area contributed by atoms with Crippen molar-refractivity contribution in [1.29, 1.82) is 0 Å². The van der Waals surface area contributed by atoms with E-state index >= 15 is 0 Å². The third-order valence-corrected chi connectivity index (χ3v) is 7.06. The van der Waals surface area contributed by atoms with Gasteiger partial charge in [-0.25, -0.2) is 8.42 Å². The molecule has 25 heavy (non-hydrogen) atoms. The van der Waals surface area contributed by atoms with Gasteiger partial charge in [0.15, 0.2) is 15.6 Å². The summed E-state index contributed by atoms with van der Waals surface area (Å²) in [5.74, 6) is 0.112. The lowest BCUT2D eigenvalue weighted by Gasteiger charge is -2.28. The highest BCUT2D eigenvalue weighted by Crippen LogP contribution is 2.28. The number of carbonyl (C=O) groups excluding carboxylic acids is 2. The van der Waals surface area contributed by atoms with Crippen molar-refractivity contribution < 1.29 is 18.0 Å². The predicted octanol–water partition coefficient (Wildman–Crippen LogP) is 2.27. The summed E-state index contributed by atoms with van der Waals surface area (Å²) in [5, 5.41) is 0. The van der Waals surface area contributed by atoms with Crippen molar-refractivity contribution in [1.82, 2.24) is 9.88 Å². The number of hydrogen-bond acceptors (Lipinski definition) is 4. The Labute approximate surface area is 148 Å². The molecule has 1 amide bonds. The zero-order valence-electron chi connectivity index (χ0n) is 14.9. The van der Waals surface area contributed by atoms with Gasteiger partial charge >= 0.3 is 0 Å². The first kappa shape index (κ1) is 18.2. The minimum Gasteiger partial charge on any atom is -0.354 e. The molecule has 0 bridgehead atoms. The van der Waals surface area contributed by atoms with E-state index in [-0.39, 0.29) is 29.2 Å². The van der Waals surface area contributed by atoms with Crippen LogP contribution in [-0.4, -0.2) is 54.1 Å². The van der Waals surface area contributed by atoms with E-state index in [0.717, 1.165) is 31.4 Å². The van der Waals surface area contributed by atoms with E-state index < -0.39 is 9.84 Å². The summed E-state index contributed by atoms with van der Waals surface area (Å²) in [7, 11) is -3.06. The molecule has 1 unspecified atom stereocenters. The second kappa shape index (κ2) is 6.94. The monoisotopic (exact) mass is 366 g/mol. The standard InChI is InChI=1S/C18H26N2O4S/c1-3-4-9-20(13-8-10-25(23,24)11-13)18(22)17-12(2)16-14(19-17)6-5-7-15(16)21/h13,19H,3-11H2,1-2H3. The van der Waals surface area contributed by atoms with Gasteiger partial charge in [0.1, 0.15) is 5.69 Å². The Morgan fingerprint density at radius 3 is 2.68 bits per heavy atom. The Balaban J connectivity index is 1.91. The number of Topliss-reactive ketones (excluding diaryl/α,β-unsaturated/α-hetero) is 1. The van der Waals surface area contributed by atoms with Crippen LogP contribution in [0.25, 0.3) is 0 Å². The number of fused-ring (bicyclic) bond motifs is 1. The Morgan fingerprint density at radius 2 is 2.08 bits per heavy atom. The third-order valence-electron chi connectivity index (χ3n) is 5.31. The molecule has 3 rings (SSSR count). The quantitative estimate of drug-likeness (QED) is 0.866. The maximum atomic E-state index is 13.2. The van der Waals surface area contributed by atoms with Gasteiger partial charge < -0.3 is 9.88 Å². The minimum absolute atomic E-state index is 0.0425. The number of aromatic amines is 1. The zero-order chi connectivity index (χ0) is 18.2. The fourth-order valence-corrected chi connectivity index (χ4v) is 5.66. The van der Waals surface area contributed by atoms with Crippen molar-refractivity contribution in [3.63, 3.8) is 0 Å². The number of ketones is 1. The molecule has 6 nitrogen and oxygen atoms in total. The van der Waals surface area contributed by atoms with Crippen molar-refractivity contribution in [3.8, 4) is 0 Å². The maximum Gasteiger partial charge on any atom is 0.270 e. The highest BCUT2D eigenvalue weighted by molar-refractivity contribution is 7.91. The van der Waals surface area contributed by atoms with Crippen LogP contribution in [-0.2, 0) is 16.3 Å². The number of nitrogens with one attached hydrogen (secondary N) is 1. The lowest BCUT2D eigenvalue weighted by atomic mass is 9.93. The van der Waals surface area contributed by atoms with Gasteiger partial charge in [-0.15, -0.1) is 0 Å². The van der Waals surface area contributed by atoms with Crippen LogP contribution in [0, 0.1) is 6.92 Å². The largest absolute Gasteiger partial charge is 0.354 e. The van der Waals surface area contributed by atoms with Crippen LogP contribution >= 0.6 is 0 Å². The highest BCUT2D eigenvalue weighted by Gasteiger charge is 2.36. The van der Waals surface area contributed by atoms with Crippen molar-refractivity contribution in [3.05, 3.63) is 22.5 Å². The Bertz CT molecular complexity index is 794. The zero-order valence-corrected chi connectivity index (χ0v) is 15.7. The molecule has 0 radical (unpaired) electrons. The highest BCUT2D eigenvalue weighted by atomic mass is 32.2. The second-order valence-electron chi connectivity index (χ2n) is 7.16. The number of H-pyrrole nitrogens is 1. The smallest absolute Gasteiger partial charge is 0.270 e. The Hall–Kier alpha value is -1.63. The number of nitrogens with zero attached hydrogens (tertiary/aromatic N) is 1. The van der Waals surface area contributed by atoms with E-state index in [0.29, 0.717) is 36.2 Å². The summed E-state index contributed by atoms with van der Waals surface area (Å²) >= 11 is 0. The molecule has 1 N–H and O–H groups in total. The molecule has 138 valence electrons. The SMILES string of the molecule is CCCCN(C(=O)c1[nH]c2c(c1C)C(=O)CCC2)C1CCS(=O)(=O)C1. The average Bonchev–Trinajstić information content (AvgIpc) is 3.08. The van der Waals surface area contributed by atoms with Gasteiger partial charge in [-0.1, -0.05) is 13.3 Å². The number of sulfone groups is 1. The van der Waals surface area contributed by atoms with E-state index in [1.165, 1.54) is 0 Å². The molecule has 2 heterocycles. The van der Waals surface area contributed by atoms with E-state index in [2.05, 4.69) is 4.98 Å². The molecular weight excluding hydrogens is 340 g/mol. The van der Waals surface area contributed by atoms with Crippen LogP contribution < -0.4 is 0 Å². The van der Waals surface area contributed by atoms with Gasteiger partial charge in [-0.3, -0.25) is 9.59 Å². The van der Waals surface area contributed by atoms with Gasteiger partial charge in [-0.05, 0) is 38.2 Å². The van der Waals surface area contributed by atoms with Crippen molar-refractivity contribution in [2.24, 2.45) is 0 Å². The molecule has 0 spiro atoms. The number of carbonyl (C=O) groups is 2. The molecule has 0 aromatic carbocycles. The first-order valence-electron chi connectivity index (χ1n) is 9.10. The molecule has 1 atom stereocenters. The van der Waals surface area contributed by atoms with Crippen LogP contribution in [0.1, 0.15) is 71.1 Å². The van der Waals surface area contributed by atoms with Gasteiger partial charge in [0.2, 0.25) is 0 Å². The number of aromatic nitrogens is 1. The predicted molar refractivity (Wildman–Crippen MR) is 95.8 cm³/mol. The third kappa shape index (κ3) is 3.52. The number of unbranched alkanes of at least 4 members (excludes halogenated alkanes) is 1. The molecule has 0 saturated carbocycles. The summed E-state index contributed by atoms with van der Waals surface area (Å²) in [6, 6.07) is -0.264. The van der Waals surface area contributed by atoms with Gasteiger partial charge in [0.05, 0.1) is 11.5 Å². The molecule has 7 heteroatoms. The van der Waals surface area contributed by atoms with Crippen molar-refractivity contribution >= 4 is 21.5 Å². The van der Waals surface area contributed by atoms with Crippen LogP contribution in [0.2, 0.25) is 0 Å². The summed E-state index contributed by atoms with van der Waals surface area (Å²) in [6.45, 7) is 4.41. The first-order valence-corrected chi connectivity index (χ1v) is 10.9. The second-order valence-corrected chi connectivity index (χ2v) is 9.39. The Morgan fingerprint density at radius 1 is 1.32 bits per heavy atom. The number of amides is 1.